The molecular weight excluding hydrogens is 414 g/mol. The quantitative estimate of drug-likeness (QED) is 0.393. The lowest BCUT2D eigenvalue weighted by Gasteiger charge is -2.15. The van der Waals surface area contributed by atoms with Crippen molar-refractivity contribution in [2.75, 3.05) is 6.61 Å². The summed E-state index contributed by atoms with van der Waals surface area (Å²) in [5, 5.41) is 0.224. The summed E-state index contributed by atoms with van der Waals surface area (Å²) < 4.78 is 54.5. The minimum Gasteiger partial charge on any atom is -0.367 e. The van der Waals surface area contributed by atoms with Crippen LogP contribution in [-0.4, -0.2) is 28.9 Å². The van der Waals surface area contributed by atoms with Crippen molar-refractivity contribution >= 4 is 34.2 Å². The van der Waals surface area contributed by atoms with Gasteiger partial charge in [0, 0.05) is 5.92 Å². The second-order valence-electron chi connectivity index (χ2n) is 4.46. The fraction of sp³-hybridized carbons (Fsp3) is 0.636. The van der Waals surface area contributed by atoms with Crippen LogP contribution >= 0.6 is 34.2 Å². The van der Waals surface area contributed by atoms with E-state index < -0.39 is 19.0 Å². The maximum absolute atomic E-state index is 12.7. The van der Waals surface area contributed by atoms with Gasteiger partial charge in [-0.05, 0) is 35.4 Å². The predicted molar refractivity (Wildman–Crippen MR) is 72.3 cm³/mol. The third kappa shape index (κ3) is 3.91. The summed E-state index contributed by atoms with van der Waals surface area (Å²) in [6, 6.07) is 0. The van der Waals surface area contributed by atoms with E-state index in [4.69, 9.17) is 11.6 Å². The third-order valence-electron chi connectivity index (χ3n) is 2.69. The van der Waals surface area contributed by atoms with Gasteiger partial charge in [-0.2, -0.15) is 8.78 Å². The SMILES string of the molecule is FC(F)C(F)(F)COCc1nc(Cl)c(I)c(C2CC2)n1. The van der Waals surface area contributed by atoms with E-state index in [0.717, 1.165) is 22.1 Å². The standard InChI is InChI=1S/C11H10ClF4IN2O/c12-9-7(17)8(5-1-2-5)18-6(19-9)3-20-4-11(15,16)10(13)14/h5,10H,1-4H2. The molecule has 1 saturated carbocycles. The van der Waals surface area contributed by atoms with E-state index >= 15 is 0 Å². The minimum absolute atomic E-state index is 0.127. The fourth-order valence-corrected chi connectivity index (χ4v) is 2.39. The first kappa shape index (κ1) is 16.2. The Bertz CT molecular complexity index is 500. The number of ether oxygens (including phenoxy) is 1. The van der Waals surface area contributed by atoms with Crippen molar-refractivity contribution in [3.63, 3.8) is 0 Å². The van der Waals surface area contributed by atoms with Gasteiger partial charge < -0.3 is 4.74 Å². The Labute approximate surface area is 131 Å². The summed E-state index contributed by atoms with van der Waals surface area (Å²) >= 11 is 7.95. The van der Waals surface area contributed by atoms with Crippen LogP contribution in [0.5, 0.6) is 0 Å². The fourth-order valence-electron chi connectivity index (χ4n) is 1.51. The lowest BCUT2D eigenvalue weighted by atomic mass is 10.3. The molecule has 0 atom stereocenters. The molecule has 1 heterocycles. The number of hydrogen-bond acceptors (Lipinski definition) is 3. The molecule has 0 aliphatic heterocycles. The Morgan fingerprint density at radius 3 is 2.55 bits per heavy atom. The zero-order valence-electron chi connectivity index (χ0n) is 10.1. The molecule has 0 unspecified atom stereocenters. The van der Waals surface area contributed by atoms with Crippen molar-refractivity contribution in [1.29, 1.82) is 0 Å². The number of aromatic nitrogens is 2. The van der Waals surface area contributed by atoms with Gasteiger partial charge in [-0.15, -0.1) is 0 Å². The Hall–Kier alpha value is -0.220. The third-order valence-corrected chi connectivity index (χ3v) is 4.35. The van der Waals surface area contributed by atoms with Gasteiger partial charge in [-0.1, -0.05) is 11.6 Å². The molecule has 1 fully saturated rings. The summed E-state index contributed by atoms with van der Waals surface area (Å²) in [5.74, 6) is -3.74. The van der Waals surface area contributed by atoms with Crippen molar-refractivity contribution in [3.8, 4) is 0 Å². The Morgan fingerprint density at radius 2 is 2.00 bits per heavy atom. The van der Waals surface area contributed by atoms with Gasteiger partial charge in [0.15, 0.2) is 5.82 Å². The summed E-state index contributed by atoms with van der Waals surface area (Å²) in [6.07, 6.45) is -1.77. The number of nitrogens with zero attached hydrogens (tertiary/aromatic N) is 2. The molecule has 0 saturated heterocycles. The molecule has 0 radical (unpaired) electrons. The lowest BCUT2D eigenvalue weighted by molar-refractivity contribution is -0.168. The highest BCUT2D eigenvalue weighted by Gasteiger charge is 2.41. The van der Waals surface area contributed by atoms with Crippen LogP contribution in [-0.2, 0) is 11.3 Å². The number of rotatable bonds is 6. The number of hydrogen-bond donors (Lipinski definition) is 0. The molecule has 1 aromatic rings. The van der Waals surface area contributed by atoms with Crippen LogP contribution in [0.15, 0.2) is 0 Å². The molecule has 112 valence electrons. The van der Waals surface area contributed by atoms with Gasteiger partial charge in [-0.25, -0.2) is 18.7 Å². The summed E-state index contributed by atoms with van der Waals surface area (Å²) in [5.41, 5.74) is 0.768. The Kier molecular flexibility index (Phi) is 5.06. The molecule has 2 rings (SSSR count). The summed E-state index contributed by atoms with van der Waals surface area (Å²) in [4.78, 5) is 8.10. The second-order valence-corrected chi connectivity index (χ2v) is 5.90. The molecule has 20 heavy (non-hydrogen) atoms. The lowest BCUT2D eigenvalue weighted by Crippen LogP contribution is -2.32. The topological polar surface area (TPSA) is 35.0 Å². The number of halogens is 6. The van der Waals surface area contributed by atoms with Crippen LogP contribution in [0.4, 0.5) is 17.6 Å². The monoisotopic (exact) mass is 424 g/mol. The smallest absolute Gasteiger partial charge is 0.330 e. The highest BCUT2D eigenvalue weighted by molar-refractivity contribution is 14.1. The van der Waals surface area contributed by atoms with E-state index in [9.17, 15) is 17.6 Å². The van der Waals surface area contributed by atoms with Crippen LogP contribution in [0, 0.1) is 3.57 Å². The first-order valence-corrected chi connectivity index (χ1v) is 7.22. The molecule has 0 N–H and O–H groups in total. The maximum Gasteiger partial charge on any atom is 0.330 e. The first-order chi connectivity index (χ1) is 9.31. The highest BCUT2D eigenvalue weighted by Crippen LogP contribution is 2.42. The van der Waals surface area contributed by atoms with E-state index in [0.29, 0.717) is 5.92 Å². The Morgan fingerprint density at radius 1 is 1.35 bits per heavy atom. The van der Waals surface area contributed by atoms with E-state index in [-0.39, 0.29) is 17.6 Å². The molecule has 0 spiro atoms. The molecule has 9 heteroatoms. The minimum atomic E-state index is -4.17. The van der Waals surface area contributed by atoms with Crippen molar-refractivity contribution < 1.29 is 22.3 Å². The zero-order valence-corrected chi connectivity index (χ0v) is 13.0. The summed E-state index contributed by atoms with van der Waals surface area (Å²) in [6.45, 7) is -1.75. The molecular formula is C11H10ClF4IN2O. The van der Waals surface area contributed by atoms with Gasteiger partial charge in [0.25, 0.3) is 0 Å². The molecule has 1 aliphatic carbocycles. The van der Waals surface area contributed by atoms with Crippen LogP contribution in [0.1, 0.15) is 30.3 Å². The summed E-state index contributed by atoms with van der Waals surface area (Å²) in [7, 11) is 0. The first-order valence-electron chi connectivity index (χ1n) is 5.77. The second kappa shape index (κ2) is 6.27. The average Bonchev–Trinajstić information content (AvgIpc) is 3.17. The maximum atomic E-state index is 12.7. The van der Waals surface area contributed by atoms with E-state index in [2.05, 4.69) is 14.7 Å². The predicted octanol–water partition coefficient (Wildman–Crippen LogP) is 4.03. The van der Waals surface area contributed by atoms with Crippen LogP contribution < -0.4 is 0 Å². The highest BCUT2D eigenvalue weighted by atomic mass is 127. The molecule has 1 aromatic heterocycles. The van der Waals surface area contributed by atoms with Gasteiger partial charge in [0.2, 0.25) is 0 Å². The largest absolute Gasteiger partial charge is 0.367 e. The van der Waals surface area contributed by atoms with Gasteiger partial charge in [0.05, 0.1) is 9.26 Å². The van der Waals surface area contributed by atoms with E-state index in [1.165, 1.54) is 0 Å². The van der Waals surface area contributed by atoms with Crippen molar-refractivity contribution in [3.05, 3.63) is 20.2 Å². The molecule has 3 nitrogen and oxygen atoms in total. The molecule has 1 aliphatic rings. The Balaban J connectivity index is 2.00. The van der Waals surface area contributed by atoms with Crippen molar-refractivity contribution in [2.45, 2.75) is 37.7 Å². The van der Waals surface area contributed by atoms with Crippen molar-refractivity contribution in [2.24, 2.45) is 0 Å². The molecule has 0 aromatic carbocycles. The van der Waals surface area contributed by atoms with Crippen molar-refractivity contribution in [1.82, 2.24) is 9.97 Å². The molecule has 0 amide bonds. The van der Waals surface area contributed by atoms with Crippen LogP contribution in [0.25, 0.3) is 0 Å². The molecule has 0 bridgehead atoms. The van der Waals surface area contributed by atoms with E-state index in [1.807, 2.05) is 22.6 Å². The normalized spacial score (nSPS) is 15.9. The number of alkyl halides is 4. The average molecular weight is 425 g/mol. The van der Waals surface area contributed by atoms with Crippen LogP contribution in [0.3, 0.4) is 0 Å². The van der Waals surface area contributed by atoms with Gasteiger partial charge >= 0.3 is 12.3 Å². The van der Waals surface area contributed by atoms with E-state index in [1.54, 1.807) is 0 Å². The van der Waals surface area contributed by atoms with Gasteiger partial charge in [0.1, 0.15) is 18.4 Å². The zero-order chi connectivity index (χ0) is 14.9. The van der Waals surface area contributed by atoms with Crippen LogP contribution in [0.2, 0.25) is 5.15 Å². The van der Waals surface area contributed by atoms with Gasteiger partial charge in [-0.3, -0.25) is 0 Å².